The molecule has 1 fully saturated rings. The first kappa shape index (κ1) is 15.1. The second-order valence-corrected chi connectivity index (χ2v) is 6.71. The molecule has 4 nitrogen and oxygen atoms in total. The Morgan fingerprint density at radius 1 is 1.14 bits per heavy atom. The molecule has 22 heavy (non-hydrogen) atoms. The molecule has 1 unspecified atom stereocenters. The first-order valence-electron chi connectivity index (χ1n) is 8.11. The molecule has 2 N–H and O–H groups in total. The van der Waals surface area contributed by atoms with Crippen molar-refractivity contribution in [2.75, 3.05) is 0 Å². The van der Waals surface area contributed by atoms with E-state index in [-0.39, 0.29) is 6.42 Å². The zero-order chi connectivity index (χ0) is 15.7. The number of carbonyl (C=O) groups is 2. The Bertz CT molecular complexity index is 601. The standard InChI is InChI=1S/C18H22O4/c19-16(20)11-18(17(21)22)9-8-14-10-13(6-7-15(14)18)12-4-2-1-3-5-12/h6-7,10,12H,1-5,8-9,11H2,(H,19,20)(H,21,22). The van der Waals surface area contributed by atoms with Crippen LogP contribution >= 0.6 is 0 Å². The summed E-state index contributed by atoms with van der Waals surface area (Å²) in [5, 5.41) is 18.7. The fourth-order valence-corrected chi connectivity index (χ4v) is 4.20. The molecule has 0 heterocycles. The summed E-state index contributed by atoms with van der Waals surface area (Å²) in [5.41, 5.74) is 1.80. The molecular formula is C18H22O4. The molecular weight excluding hydrogens is 280 g/mol. The third-order valence-corrected chi connectivity index (χ3v) is 5.40. The van der Waals surface area contributed by atoms with Gasteiger partial charge in [-0.05, 0) is 48.3 Å². The third-order valence-electron chi connectivity index (χ3n) is 5.40. The summed E-state index contributed by atoms with van der Waals surface area (Å²) >= 11 is 0. The Morgan fingerprint density at radius 3 is 2.50 bits per heavy atom. The van der Waals surface area contributed by atoms with Crippen LogP contribution in [0.1, 0.15) is 67.6 Å². The molecule has 0 bridgehead atoms. The van der Waals surface area contributed by atoms with Gasteiger partial charge in [0.15, 0.2) is 0 Å². The predicted molar refractivity (Wildman–Crippen MR) is 82.2 cm³/mol. The molecule has 0 aromatic heterocycles. The Hall–Kier alpha value is -1.84. The van der Waals surface area contributed by atoms with Crippen molar-refractivity contribution in [1.82, 2.24) is 0 Å². The first-order chi connectivity index (χ1) is 10.5. The van der Waals surface area contributed by atoms with Crippen LogP contribution in [-0.2, 0) is 21.4 Å². The largest absolute Gasteiger partial charge is 0.481 e. The second kappa shape index (κ2) is 5.75. The molecule has 0 spiro atoms. The van der Waals surface area contributed by atoms with Crippen LogP contribution in [0.2, 0.25) is 0 Å². The Labute approximate surface area is 130 Å². The minimum atomic E-state index is -1.24. The van der Waals surface area contributed by atoms with Crippen LogP contribution < -0.4 is 0 Å². The van der Waals surface area contributed by atoms with Crippen LogP contribution in [0.3, 0.4) is 0 Å². The number of carboxylic acids is 2. The van der Waals surface area contributed by atoms with Crippen molar-refractivity contribution in [3.8, 4) is 0 Å². The molecule has 1 aromatic carbocycles. The van der Waals surface area contributed by atoms with Crippen LogP contribution in [0.4, 0.5) is 0 Å². The van der Waals surface area contributed by atoms with Gasteiger partial charge in [-0.25, -0.2) is 0 Å². The van der Waals surface area contributed by atoms with Gasteiger partial charge >= 0.3 is 11.9 Å². The Morgan fingerprint density at radius 2 is 1.86 bits per heavy atom. The van der Waals surface area contributed by atoms with E-state index in [0.717, 1.165) is 5.56 Å². The average molecular weight is 302 g/mol. The maximum atomic E-state index is 11.7. The molecule has 1 aromatic rings. The smallest absolute Gasteiger partial charge is 0.314 e. The van der Waals surface area contributed by atoms with E-state index in [2.05, 4.69) is 6.07 Å². The lowest BCUT2D eigenvalue weighted by Gasteiger charge is -2.25. The second-order valence-electron chi connectivity index (χ2n) is 6.71. The molecule has 2 aliphatic carbocycles. The highest BCUT2D eigenvalue weighted by Crippen LogP contribution is 2.44. The zero-order valence-corrected chi connectivity index (χ0v) is 12.7. The van der Waals surface area contributed by atoms with Gasteiger partial charge in [-0.1, -0.05) is 37.5 Å². The summed E-state index contributed by atoms with van der Waals surface area (Å²) in [4.78, 5) is 22.9. The van der Waals surface area contributed by atoms with E-state index < -0.39 is 17.4 Å². The lowest BCUT2D eigenvalue weighted by Crippen LogP contribution is -2.36. The van der Waals surface area contributed by atoms with Gasteiger partial charge in [0, 0.05) is 0 Å². The fraction of sp³-hybridized carbons (Fsp3) is 0.556. The maximum absolute atomic E-state index is 11.7. The van der Waals surface area contributed by atoms with Crippen LogP contribution in [-0.4, -0.2) is 22.2 Å². The lowest BCUT2D eigenvalue weighted by molar-refractivity contribution is -0.150. The first-order valence-corrected chi connectivity index (χ1v) is 8.11. The number of hydrogen-bond donors (Lipinski definition) is 2. The van der Waals surface area contributed by atoms with Crippen molar-refractivity contribution in [2.24, 2.45) is 0 Å². The van der Waals surface area contributed by atoms with Crippen molar-refractivity contribution in [3.63, 3.8) is 0 Å². The minimum absolute atomic E-state index is 0.335. The number of carboxylic acid groups (broad SMARTS) is 2. The van der Waals surface area contributed by atoms with Gasteiger partial charge < -0.3 is 10.2 Å². The molecule has 0 radical (unpaired) electrons. The van der Waals surface area contributed by atoms with Gasteiger partial charge in [-0.3, -0.25) is 9.59 Å². The van der Waals surface area contributed by atoms with Gasteiger partial charge in [0.05, 0.1) is 6.42 Å². The van der Waals surface area contributed by atoms with E-state index >= 15 is 0 Å². The Kier molecular flexibility index (Phi) is 3.94. The van der Waals surface area contributed by atoms with E-state index in [4.69, 9.17) is 5.11 Å². The molecule has 0 aliphatic heterocycles. The Balaban J connectivity index is 1.94. The highest BCUT2D eigenvalue weighted by atomic mass is 16.4. The van der Waals surface area contributed by atoms with Crippen molar-refractivity contribution in [3.05, 3.63) is 34.9 Å². The zero-order valence-electron chi connectivity index (χ0n) is 12.7. The van der Waals surface area contributed by atoms with Crippen molar-refractivity contribution < 1.29 is 19.8 Å². The molecule has 118 valence electrons. The van der Waals surface area contributed by atoms with Crippen LogP contribution in [0.5, 0.6) is 0 Å². The van der Waals surface area contributed by atoms with E-state index in [1.165, 1.54) is 37.7 Å². The normalized spacial score (nSPS) is 24.9. The number of aliphatic carboxylic acids is 2. The number of fused-ring (bicyclic) bond motifs is 1. The van der Waals surface area contributed by atoms with E-state index in [1.54, 1.807) is 0 Å². The van der Waals surface area contributed by atoms with Gasteiger partial charge in [0.25, 0.3) is 0 Å². The number of hydrogen-bond acceptors (Lipinski definition) is 2. The monoisotopic (exact) mass is 302 g/mol. The van der Waals surface area contributed by atoms with E-state index in [0.29, 0.717) is 24.3 Å². The quantitative estimate of drug-likeness (QED) is 0.893. The minimum Gasteiger partial charge on any atom is -0.481 e. The molecule has 2 aliphatic rings. The number of benzene rings is 1. The van der Waals surface area contributed by atoms with Crippen LogP contribution in [0.15, 0.2) is 18.2 Å². The average Bonchev–Trinajstić information content (AvgIpc) is 2.87. The summed E-state index contributed by atoms with van der Waals surface area (Å²) in [5.74, 6) is -1.48. The van der Waals surface area contributed by atoms with Crippen molar-refractivity contribution in [2.45, 2.75) is 62.7 Å². The van der Waals surface area contributed by atoms with E-state index in [1.807, 2.05) is 12.1 Å². The summed E-state index contributed by atoms with van der Waals surface area (Å²) in [6.45, 7) is 0. The van der Waals surface area contributed by atoms with Crippen molar-refractivity contribution in [1.29, 1.82) is 0 Å². The molecule has 0 amide bonds. The van der Waals surface area contributed by atoms with Gasteiger partial charge in [-0.2, -0.15) is 0 Å². The third kappa shape index (κ3) is 2.51. The predicted octanol–water partition coefficient (Wildman–Crippen LogP) is 3.48. The van der Waals surface area contributed by atoms with E-state index in [9.17, 15) is 14.7 Å². The number of aryl methyl sites for hydroxylation is 1. The molecule has 0 saturated heterocycles. The summed E-state index contributed by atoms with van der Waals surface area (Å²) in [6, 6.07) is 6.04. The number of rotatable bonds is 4. The molecule has 3 rings (SSSR count). The van der Waals surface area contributed by atoms with Crippen LogP contribution in [0.25, 0.3) is 0 Å². The highest BCUT2D eigenvalue weighted by Gasteiger charge is 2.47. The fourth-order valence-electron chi connectivity index (χ4n) is 4.20. The topological polar surface area (TPSA) is 74.6 Å². The van der Waals surface area contributed by atoms with Crippen molar-refractivity contribution >= 4 is 11.9 Å². The summed E-state index contributed by atoms with van der Waals surface area (Å²) in [7, 11) is 0. The SMILES string of the molecule is O=C(O)CC1(C(=O)O)CCc2cc(C3CCCCC3)ccc21. The molecule has 4 heteroatoms. The summed E-state index contributed by atoms with van der Waals surface area (Å²) in [6.07, 6.45) is 6.96. The van der Waals surface area contributed by atoms with Gasteiger partial charge in [0.2, 0.25) is 0 Å². The maximum Gasteiger partial charge on any atom is 0.314 e. The van der Waals surface area contributed by atoms with Crippen LogP contribution in [0, 0.1) is 0 Å². The summed E-state index contributed by atoms with van der Waals surface area (Å²) < 4.78 is 0. The highest BCUT2D eigenvalue weighted by molar-refractivity contribution is 5.88. The lowest BCUT2D eigenvalue weighted by atomic mass is 9.77. The molecule has 1 saturated carbocycles. The van der Waals surface area contributed by atoms with Gasteiger partial charge in [-0.15, -0.1) is 0 Å². The van der Waals surface area contributed by atoms with Gasteiger partial charge in [0.1, 0.15) is 5.41 Å². The molecule has 1 atom stereocenters.